The average molecular weight is 324 g/mol. The molecular formula is C15H12BF3O2S. The molecule has 0 spiro atoms. The molecule has 2 aromatic carbocycles. The van der Waals surface area contributed by atoms with E-state index in [9.17, 15) is 13.2 Å². The highest BCUT2D eigenvalue weighted by molar-refractivity contribution is 7.17. The molecule has 1 aromatic heterocycles. The molecule has 0 aliphatic rings. The Morgan fingerprint density at radius 1 is 0.909 bits per heavy atom. The molecule has 114 valence electrons. The first-order valence-corrected chi connectivity index (χ1v) is 7.21. The number of thiophene rings is 1. The summed E-state index contributed by atoms with van der Waals surface area (Å²) in [5, 5.41) is 15.7. The number of benzene rings is 2. The molecule has 0 atom stereocenters. The smallest absolute Gasteiger partial charge is 0.430 e. The summed E-state index contributed by atoms with van der Waals surface area (Å²) in [6.45, 7) is 0. The fraction of sp³-hybridized carbons (Fsp3) is 0.0667. The van der Waals surface area contributed by atoms with E-state index in [1.165, 1.54) is 5.38 Å². The number of halogens is 3. The van der Waals surface area contributed by atoms with Gasteiger partial charge in [0.1, 0.15) is 0 Å². The Kier molecular flexibility index (Phi) is 5.23. The van der Waals surface area contributed by atoms with E-state index in [0.29, 0.717) is 4.70 Å². The molecule has 0 saturated heterocycles. The van der Waals surface area contributed by atoms with Crippen molar-refractivity contribution in [3.05, 3.63) is 59.5 Å². The fourth-order valence-electron chi connectivity index (χ4n) is 2.06. The van der Waals surface area contributed by atoms with Gasteiger partial charge in [-0.2, -0.15) is 13.2 Å². The second-order valence-corrected chi connectivity index (χ2v) is 5.28. The molecule has 0 unspecified atom stereocenters. The third-order valence-electron chi connectivity index (χ3n) is 2.99. The Morgan fingerprint density at radius 3 is 2.14 bits per heavy atom. The largest absolute Gasteiger partial charge is 0.432 e. The third kappa shape index (κ3) is 3.68. The summed E-state index contributed by atoms with van der Waals surface area (Å²) < 4.78 is 39.0. The van der Waals surface area contributed by atoms with Gasteiger partial charge < -0.3 is 10.0 Å². The summed E-state index contributed by atoms with van der Waals surface area (Å²) in [6.07, 6.45) is -4.29. The Balaban J connectivity index is 0.000000545. The molecule has 2 N–H and O–H groups in total. The van der Waals surface area contributed by atoms with Gasteiger partial charge in [-0.15, -0.1) is 11.3 Å². The van der Waals surface area contributed by atoms with Crippen LogP contribution in [0.15, 0.2) is 53.9 Å². The summed E-state index contributed by atoms with van der Waals surface area (Å²) in [5.74, 6) is 0. The van der Waals surface area contributed by atoms with Gasteiger partial charge in [0.05, 0.1) is 5.56 Å². The molecule has 0 saturated carbocycles. The number of alkyl halides is 3. The zero-order valence-electron chi connectivity index (χ0n) is 11.3. The number of hydrogen-bond donors (Lipinski definition) is 2. The van der Waals surface area contributed by atoms with E-state index in [2.05, 4.69) is 0 Å². The predicted octanol–water partition coefficient (Wildman–Crippen LogP) is 3.82. The van der Waals surface area contributed by atoms with Gasteiger partial charge in [0.15, 0.2) is 0 Å². The maximum absolute atomic E-state index is 12.8. The van der Waals surface area contributed by atoms with Crippen LogP contribution in [0.1, 0.15) is 5.56 Å². The van der Waals surface area contributed by atoms with Crippen molar-refractivity contribution in [1.82, 2.24) is 0 Å². The van der Waals surface area contributed by atoms with Gasteiger partial charge in [-0.1, -0.05) is 42.5 Å². The second kappa shape index (κ2) is 6.96. The first-order chi connectivity index (χ1) is 10.5. The van der Waals surface area contributed by atoms with Crippen molar-refractivity contribution < 1.29 is 23.2 Å². The summed E-state index contributed by atoms with van der Waals surface area (Å²) in [4.78, 5) is 0. The zero-order valence-corrected chi connectivity index (χ0v) is 12.2. The van der Waals surface area contributed by atoms with Gasteiger partial charge in [-0.05, 0) is 17.2 Å². The van der Waals surface area contributed by atoms with Crippen LogP contribution < -0.4 is 0 Å². The molecule has 0 aliphatic carbocycles. The van der Waals surface area contributed by atoms with Gasteiger partial charge in [0.2, 0.25) is 0 Å². The second-order valence-electron chi connectivity index (χ2n) is 4.37. The van der Waals surface area contributed by atoms with Crippen molar-refractivity contribution in [2.75, 3.05) is 0 Å². The van der Waals surface area contributed by atoms with E-state index in [1.807, 2.05) is 36.4 Å². The number of fused-ring (bicyclic) bond motifs is 1. The highest BCUT2D eigenvalue weighted by Crippen LogP contribution is 2.39. The molecule has 2 nitrogen and oxygen atoms in total. The molecule has 3 rings (SSSR count). The van der Waals surface area contributed by atoms with Gasteiger partial charge >= 0.3 is 13.9 Å². The quantitative estimate of drug-likeness (QED) is 0.668. The molecule has 3 aromatic rings. The average Bonchev–Trinajstić information content (AvgIpc) is 2.92. The lowest BCUT2D eigenvalue weighted by Gasteiger charge is -2.05. The van der Waals surface area contributed by atoms with Crippen LogP contribution in [-0.4, -0.2) is 17.7 Å². The lowest BCUT2D eigenvalue weighted by molar-refractivity contribution is -0.136. The Bertz CT molecular complexity index is 741. The van der Waals surface area contributed by atoms with Crippen molar-refractivity contribution >= 4 is 29.1 Å². The van der Waals surface area contributed by atoms with Crippen molar-refractivity contribution in [3.63, 3.8) is 0 Å². The first-order valence-electron chi connectivity index (χ1n) is 6.33. The molecule has 22 heavy (non-hydrogen) atoms. The molecule has 0 amide bonds. The Labute approximate surface area is 129 Å². The van der Waals surface area contributed by atoms with Crippen molar-refractivity contribution in [2.45, 2.75) is 6.18 Å². The van der Waals surface area contributed by atoms with Gasteiger partial charge in [-0.3, -0.25) is 0 Å². The third-order valence-corrected chi connectivity index (χ3v) is 3.93. The zero-order chi connectivity index (χ0) is 16.2. The SMILES string of the molecule is FC(F)(F)c1csc2cc(-c3ccccc3)ccc12.OBO. The van der Waals surface area contributed by atoms with E-state index in [1.54, 1.807) is 12.1 Å². The molecule has 0 fully saturated rings. The molecule has 7 heteroatoms. The van der Waals surface area contributed by atoms with Crippen LogP contribution in [0.3, 0.4) is 0 Å². The fourth-order valence-corrected chi connectivity index (χ4v) is 3.06. The van der Waals surface area contributed by atoms with Crippen LogP contribution in [0, 0.1) is 0 Å². The number of rotatable bonds is 1. The van der Waals surface area contributed by atoms with Gasteiger partial charge in [0, 0.05) is 15.5 Å². The molecular weight excluding hydrogens is 312 g/mol. The molecule has 0 bridgehead atoms. The highest BCUT2D eigenvalue weighted by Gasteiger charge is 2.33. The highest BCUT2D eigenvalue weighted by atomic mass is 32.1. The molecule has 1 heterocycles. The van der Waals surface area contributed by atoms with E-state index >= 15 is 0 Å². The van der Waals surface area contributed by atoms with E-state index in [0.717, 1.165) is 22.5 Å². The van der Waals surface area contributed by atoms with Crippen LogP contribution in [0.25, 0.3) is 21.2 Å². The minimum atomic E-state index is -4.29. The summed E-state index contributed by atoms with van der Waals surface area (Å²) in [5.41, 5.74) is 1.39. The lowest BCUT2D eigenvalue weighted by Crippen LogP contribution is -2.02. The maximum atomic E-state index is 12.8. The van der Waals surface area contributed by atoms with Crippen molar-refractivity contribution in [2.24, 2.45) is 0 Å². The van der Waals surface area contributed by atoms with Gasteiger partial charge in [0.25, 0.3) is 0 Å². The standard InChI is InChI=1S/C15H9F3S.BH3O2/c16-15(17,18)13-9-19-14-8-11(6-7-12(13)14)10-4-2-1-3-5-10;2-1-3/h1-9H;1-3H. The van der Waals surface area contributed by atoms with Crippen LogP contribution in [-0.2, 0) is 6.18 Å². The minimum Gasteiger partial charge on any atom is -0.430 e. The number of hydrogen-bond acceptors (Lipinski definition) is 3. The molecule has 0 radical (unpaired) electrons. The minimum absolute atomic E-state index is 0.275. The van der Waals surface area contributed by atoms with E-state index in [-0.39, 0.29) is 5.39 Å². The Morgan fingerprint density at radius 2 is 1.55 bits per heavy atom. The monoisotopic (exact) mass is 324 g/mol. The molecule has 0 aliphatic heterocycles. The first kappa shape index (κ1) is 16.5. The Hall–Kier alpha value is -1.83. The van der Waals surface area contributed by atoms with Crippen molar-refractivity contribution in [3.8, 4) is 11.1 Å². The summed E-state index contributed by atoms with van der Waals surface area (Å²) in [6, 6.07) is 14.7. The normalized spacial score (nSPS) is 11.0. The van der Waals surface area contributed by atoms with Crippen LogP contribution in [0.2, 0.25) is 0 Å². The predicted molar refractivity (Wildman–Crippen MR) is 83.8 cm³/mol. The summed E-state index contributed by atoms with van der Waals surface area (Å²) in [7, 11) is -0.750. The maximum Gasteiger partial charge on any atom is 0.432 e. The van der Waals surface area contributed by atoms with Crippen LogP contribution in [0.4, 0.5) is 13.2 Å². The van der Waals surface area contributed by atoms with E-state index < -0.39 is 19.4 Å². The summed E-state index contributed by atoms with van der Waals surface area (Å²) >= 11 is 1.13. The van der Waals surface area contributed by atoms with Crippen molar-refractivity contribution in [1.29, 1.82) is 0 Å². The van der Waals surface area contributed by atoms with Gasteiger partial charge in [-0.25, -0.2) is 0 Å². The van der Waals surface area contributed by atoms with E-state index in [4.69, 9.17) is 10.0 Å². The topological polar surface area (TPSA) is 40.5 Å². The van der Waals surface area contributed by atoms with Crippen LogP contribution in [0.5, 0.6) is 0 Å². The van der Waals surface area contributed by atoms with Crippen LogP contribution >= 0.6 is 11.3 Å². The lowest BCUT2D eigenvalue weighted by atomic mass is 10.0.